The molecule has 0 aromatic heterocycles. The van der Waals surface area contributed by atoms with E-state index >= 15 is 0 Å². The van der Waals surface area contributed by atoms with Gasteiger partial charge in [0.2, 0.25) is 0 Å². The van der Waals surface area contributed by atoms with Crippen molar-refractivity contribution in [1.82, 2.24) is 5.32 Å². The molecule has 0 bridgehead atoms. The number of benzene rings is 1. The van der Waals surface area contributed by atoms with E-state index < -0.39 is 0 Å². The van der Waals surface area contributed by atoms with Crippen molar-refractivity contribution < 1.29 is 0 Å². The lowest BCUT2D eigenvalue weighted by Gasteiger charge is -2.18. The minimum Gasteiger partial charge on any atom is -0.313 e. The van der Waals surface area contributed by atoms with Gasteiger partial charge in [-0.1, -0.05) is 44.7 Å². The van der Waals surface area contributed by atoms with Gasteiger partial charge in [-0.05, 0) is 43.1 Å². The fourth-order valence-electron chi connectivity index (χ4n) is 1.87. The van der Waals surface area contributed by atoms with Crippen molar-refractivity contribution in [2.45, 2.75) is 25.3 Å². The van der Waals surface area contributed by atoms with Gasteiger partial charge in [0.05, 0.1) is 0 Å². The van der Waals surface area contributed by atoms with E-state index in [1.165, 1.54) is 29.3 Å². The Kier molecular flexibility index (Phi) is 3.86. The number of nitrogens with one attached hydrogen (secondary N) is 1. The van der Waals surface area contributed by atoms with Gasteiger partial charge in [0, 0.05) is 15.0 Å². The third-order valence-electron chi connectivity index (χ3n) is 2.95. The second kappa shape index (κ2) is 4.98. The fraction of sp³-hybridized carbons (Fsp3) is 0.500. The quantitative estimate of drug-likeness (QED) is 0.868. The molecule has 1 saturated carbocycles. The Morgan fingerprint density at radius 2 is 2.13 bits per heavy atom. The van der Waals surface area contributed by atoms with Crippen LogP contribution in [0.25, 0.3) is 0 Å². The van der Waals surface area contributed by atoms with Crippen molar-refractivity contribution in [3.05, 3.63) is 32.7 Å². The van der Waals surface area contributed by atoms with Crippen molar-refractivity contribution in [2.75, 3.05) is 7.05 Å². The molecule has 1 aliphatic carbocycles. The monoisotopic (exact) mass is 331 g/mol. The van der Waals surface area contributed by atoms with Gasteiger partial charge < -0.3 is 5.32 Å². The summed E-state index contributed by atoms with van der Waals surface area (Å²) in [7, 11) is 2.04. The van der Waals surface area contributed by atoms with E-state index in [2.05, 4.69) is 55.4 Å². The first-order valence-electron chi connectivity index (χ1n) is 5.33. The molecule has 0 saturated heterocycles. The summed E-state index contributed by atoms with van der Waals surface area (Å²) in [5.74, 6) is 0.938. The molecule has 0 radical (unpaired) electrons. The first-order valence-corrected chi connectivity index (χ1v) is 6.91. The molecule has 82 valence electrons. The molecular formula is C12H15Br2N. The predicted octanol–water partition coefficient (Wildman–Crippen LogP) is 4.27. The van der Waals surface area contributed by atoms with E-state index in [1.807, 2.05) is 7.05 Å². The molecule has 2 rings (SSSR count). The summed E-state index contributed by atoms with van der Waals surface area (Å²) in [6.07, 6.45) is 4.07. The molecule has 0 amide bonds. The SMILES string of the molecule is CNC(CC1CC1)c1cc(Br)ccc1Br. The van der Waals surface area contributed by atoms with Crippen LogP contribution in [0.5, 0.6) is 0 Å². The van der Waals surface area contributed by atoms with Crippen LogP contribution in [0.3, 0.4) is 0 Å². The summed E-state index contributed by atoms with van der Waals surface area (Å²) in [6.45, 7) is 0. The normalized spacial score (nSPS) is 17.8. The molecule has 0 heterocycles. The van der Waals surface area contributed by atoms with Crippen molar-refractivity contribution in [1.29, 1.82) is 0 Å². The lowest BCUT2D eigenvalue weighted by atomic mass is 10.0. The lowest BCUT2D eigenvalue weighted by molar-refractivity contribution is 0.512. The van der Waals surface area contributed by atoms with Gasteiger partial charge in [0.25, 0.3) is 0 Å². The minimum atomic E-state index is 0.476. The average molecular weight is 333 g/mol. The number of hydrogen-bond acceptors (Lipinski definition) is 1. The lowest BCUT2D eigenvalue weighted by Crippen LogP contribution is -2.17. The van der Waals surface area contributed by atoms with Crippen LogP contribution >= 0.6 is 31.9 Å². The standard InChI is InChI=1S/C12H15Br2N/c1-15-12(6-8-2-3-8)10-7-9(13)4-5-11(10)14/h4-5,7-8,12,15H,2-3,6H2,1H3. The molecule has 15 heavy (non-hydrogen) atoms. The van der Waals surface area contributed by atoms with E-state index in [0.29, 0.717) is 6.04 Å². The molecule has 1 N–H and O–H groups in total. The Bertz CT molecular complexity index is 347. The van der Waals surface area contributed by atoms with Crippen molar-refractivity contribution in [3.8, 4) is 0 Å². The van der Waals surface area contributed by atoms with E-state index in [4.69, 9.17) is 0 Å². The van der Waals surface area contributed by atoms with Crippen LogP contribution in [0.1, 0.15) is 30.9 Å². The van der Waals surface area contributed by atoms with Crippen molar-refractivity contribution in [2.24, 2.45) is 5.92 Å². The summed E-state index contributed by atoms with van der Waals surface area (Å²) >= 11 is 7.15. The Balaban J connectivity index is 2.19. The van der Waals surface area contributed by atoms with E-state index in [9.17, 15) is 0 Å². The first kappa shape index (κ1) is 11.6. The second-order valence-electron chi connectivity index (χ2n) is 4.19. The minimum absolute atomic E-state index is 0.476. The van der Waals surface area contributed by atoms with Crippen LogP contribution in [0.4, 0.5) is 0 Å². The zero-order valence-corrected chi connectivity index (χ0v) is 11.9. The third kappa shape index (κ3) is 3.05. The highest BCUT2D eigenvalue weighted by Gasteiger charge is 2.26. The molecule has 1 aromatic carbocycles. The topological polar surface area (TPSA) is 12.0 Å². The maximum Gasteiger partial charge on any atom is 0.0331 e. The van der Waals surface area contributed by atoms with E-state index in [-0.39, 0.29) is 0 Å². The summed E-state index contributed by atoms with van der Waals surface area (Å²) < 4.78 is 2.35. The molecule has 3 heteroatoms. The Hall–Kier alpha value is 0.140. The Morgan fingerprint density at radius 3 is 2.73 bits per heavy atom. The summed E-state index contributed by atoms with van der Waals surface area (Å²) in [6, 6.07) is 6.85. The summed E-state index contributed by atoms with van der Waals surface area (Å²) in [4.78, 5) is 0. The maximum absolute atomic E-state index is 3.62. The van der Waals surface area contributed by atoms with E-state index in [1.54, 1.807) is 0 Å². The highest BCUT2D eigenvalue weighted by atomic mass is 79.9. The van der Waals surface area contributed by atoms with Crippen molar-refractivity contribution >= 4 is 31.9 Å². The molecule has 1 aliphatic rings. The van der Waals surface area contributed by atoms with Crippen LogP contribution in [-0.4, -0.2) is 7.05 Å². The summed E-state index contributed by atoms with van der Waals surface area (Å²) in [5, 5.41) is 3.41. The van der Waals surface area contributed by atoms with Gasteiger partial charge in [0.15, 0.2) is 0 Å². The predicted molar refractivity (Wildman–Crippen MR) is 71.0 cm³/mol. The molecule has 1 nitrogen and oxygen atoms in total. The Morgan fingerprint density at radius 1 is 1.40 bits per heavy atom. The molecule has 0 spiro atoms. The third-order valence-corrected chi connectivity index (χ3v) is 4.16. The number of hydrogen-bond donors (Lipinski definition) is 1. The van der Waals surface area contributed by atoms with Crippen LogP contribution in [-0.2, 0) is 0 Å². The number of halogens is 2. The van der Waals surface area contributed by atoms with Crippen molar-refractivity contribution in [3.63, 3.8) is 0 Å². The molecule has 1 fully saturated rings. The molecule has 1 aromatic rings. The van der Waals surface area contributed by atoms with Gasteiger partial charge in [-0.2, -0.15) is 0 Å². The molecule has 1 atom stereocenters. The highest BCUT2D eigenvalue weighted by Crippen LogP contribution is 2.39. The zero-order chi connectivity index (χ0) is 10.8. The second-order valence-corrected chi connectivity index (χ2v) is 5.96. The molecule has 1 unspecified atom stereocenters. The smallest absolute Gasteiger partial charge is 0.0331 e. The molecular weight excluding hydrogens is 318 g/mol. The Labute approximate surface area is 108 Å². The van der Waals surface area contributed by atoms with Gasteiger partial charge in [-0.3, -0.25) is 0 Å². The van der Waals surface area contributed by atoms with Crippen LogP contribution in [0, 0.1) is 5.92 Å². The van der Waals surface area contributed by atoms with Gasteiger partial charge in [-0.15, -0.1) is 0 Å². The largest absolute Gasteiger partial charge is 0.313 e. The number of rotatable bonds is 4. The fourth-order valence-corrected chi connectivity index (χ4v) is 2.77. The van der Waals surface area contributed by atoms with Crippen LogP contribution in [0.15, 0.2) is 27.1 Å². The first-order chi connectivity index (χ1) is 7.20. The maximum atomic E-state index is 3.62. The molecule has 0 aliphatic heterocycles. The van der Waals surface area contributed by atoms with Crippen LogP contribution in [0.2, 0.25) is 0 Å². The van der Waals surface area contributed by atoms with Gasteiger partial charge in [0.1, 0.15) is 0 Å². The summed E-state index contributed by atoms with van der Waals surface area (Å²) in [5.41, 5.74) is 1.36. The van der Waals surface area contributed by atoms with Crippen LogP contribution < -0.4 is 5.32 Å². The van der Waals surface area contributed by atoms with E-state index in [0.717, 1.165) is 10.4 Å². The zero-order valence-electron chi connectivity index (χ0n) is 8.76. The highest BCUT2D eigenvalue weighted by molar-refractivity contribution is 9.11. The van der Waals surface area contributed by atoms with Gasteiger partial charge in [-0.25, -0.2) is 0 Å². The van der Waals surface area contributed by atoms with Gasteiger partial charge >= 0.3 is 0 Å². The average Bonchev–Trinajstić information content (AvgIpc) is 3.02.